The summed E-state index contributed by atoms with van der Waals surface area (Å²) in [5.41, 5.74) is 1.08. The SMILES string of the molecule is COc1cc(OC)cc(OCCNC(=O)N(C)Cc2ccccc2)c1. The molecule has 2 rings (SSSR count). The van der Waals surface area contributed by atoms with Gasteiger partial charge in [0.15, 0.2) is 0 Å². The van der Waals surface area contributed by atoms with Crippen molar-refractivity contribution in [1.29, 1.82) is 0 Å². The number of rotatable bonds is 8. The molecule has 0 aliphatic heterocycles. The highest BCUT2D eigenvalue weighted by atomic mass is 16.5. The van der Waals surface area contributed by atoms with E-state index in [0.29, 0.717) is 36.9 Å². The smallest absolute Gasteiger partial charge is 0.317 e. The Morgan fingerprint density at radius 2 is 1.60 bits per heavy atom. The Kier molecular flexibility index (Phi) is 6.95. The molecule has 2 aromatic rings. The Bertz CT molecular complexity index is 654. The summed E-state index contributed by atoms with van der Waals surface area (Å²) in [6.07, 6.45) is 0. The molecule has 0 saturated heterocycles. The Balaban J connectivity index is 1.76. The molecule has 0 fully saturated rings. The minimum absolute atomic E-state index is 0.143. The van der Waals surface area contributed by atoms with Gasteiger partial charge >= 0.3 is 6.03 Å². The summed E-state index contributed by atoms with van der Waals surface area (Å²) in [4.78, 5) is 13.7. The van der Waals surface area contributed by atoms with Crippen molar-refractivity contribution in [1.82, 2.24) is 10.2 Å². The lowest BCUT2D eigenvalue weighted by Crippen LogP contribution is -2.38. The van der Waals surface area contributed by atoms with Crippen LogP contribution in [0, 0.1) is 0 Å². The Morgan fingerprint density at radius 1 is 1.00 bits per heavy atom. The molecule has 0 heterocycles. The van der Waals surface area contributed by atoms with Crippen molar-refractivity contribution in [3.05, 3.63) is 54.1 Å². The van der Waals surface area contributed by atoms with Gasteiger partial charge in [0.05, 0.1) is 20.8 Å². The van der Waals surface area contributed by atoms with Gasteiger partial charge in [-0.1, -0.05) is 30.3 Å². The first-order valence-corrected chi connectivity index (χ1v) is 8.01. The van der Waals surface area contributed by atoms with Crippen LogP contribution in [0.3, 0.4) is 0 Å². The van der Waals surface area contributed by atoms with Crippen molar-refractivity contribution < 1.29 is 19.0 Å². The molecule has 0 spiro atoms. The fraction of sp³-hybridized carbons (Fsp3) is 0.316. The Morgan fingerprint density at radius 3 is 2.20 bits per heavy atom. The molecule has 0 radical (unpaired) electrons. The summed E-state index contributed by atoms with van der Waals surface area (Å²) >= 11 is 0. The van der Waals surface area contributed by atoms with Crippen LogP contribution in [0.1, 0.15) is 5.56 Å². The number of methoxy groups -OCH3 is 2. The molecule has 0 unspecified atom stereocenters. The molecule has 2 aromatic carbocycles. The molecule has 134 valence electrons. The van der Waals surface area contributed by atoms with Crippen molar-refractivity contribution in [3.63, 3.8) is 0 Å². The van der Waals surface area contributed by atoms with Crippen molar-refractivity contribution >= 4 is 6.03 Å². The molecule has 0 atom stereocenters. The molecular formula is C19H24N2O4. The quantitative estimate of drug-likeness (QED) is 0.748. The third-order valence-electron chi connectivity index (χ3n) is 3.58. The second kappa shape index (κ2) is 9.42. The van der Waals surface area contributed by atoms with Crippen LogP contribution in [0.15, 0.2) is 48.5 Å². The number of hydrogen-bond donors (Lipinski definition) is 1. The van der Waals surface area contributed by atoms with Crippen LogP contribution in [0.25, 0.3) is 0 Å². The minimum atomic E-state index is -0.143. The first-order valence-electron chi connectivity index (χ1n) is 8.01. The summed E-state index contributed by atoms with van der Waals surface area (Å²) in [5, 5.41) is 2.83. The van der Waals surface area contributed by atoms with Crippen LogP contribution in [0.2, 0.25) is 0 Å². The fourth-order valence-corrected chi connectivity index (χ4v) is 2.26. The number of amides is 2. The topological polar surface area (TPSA) is 60.0 Å². The second-order valence-corrected chi connectivity index (χ2v) is 5.47. The summed E-state index contributed by atoms with van der Waals surface area (Å²) < 4.78 is 16.0. The number of hydrogen-bond acceptors (Lipinski definition) is 4. The van der Waals surface area contributed by atoms with E-state index in [1.54, 1.807) is 44.4 Å². The molecule has 0 aliphatic carbocycles. The number of carbonyl (C=O) groups excluding carboxylic acids is 1. The summed E-state index contributed by atoms with van der Waals surface area (Å²) in [7, 11) is 4.93. The number of nitrogens with one attached hydrogen (secondary N) is 1. The van der Waals surface area contributed by atoms with Gasteiger partial charge in [0.2, 0.25) is 0 Å². The normalized spacial score (nSPS) is 10.0. The van der Waals surface area contributed by atoms with Gasteiger partial charge < -0.3 is 24.4 Å². The highest BCUT2D eigenvalue weighted by Gasteiger charge is 2.08. The lowest BCUT2D eigenvalue weighted by Gasteiger charge is -2.18. The molecule has 2 amide bonds. The molecular weight excluding hydrogens is 320 g/mol. The monoisotopic (exact) mass is 344 g/mol. The minimum Gasteiger partial charge on any atom is -0.496 e. The van der Waals surface area contributed by atoms with Crippen molar-refractivity contribution in [2.24, 2.45) is 0 Å². The third-order valence-corrected chi connectivity index (χ3v) is 3.58. The van der Waals surface area contributed by atoms with Gasteiger partial charge in [-0.2, -0.15) is 0 Å². The van der Waals surface area contributed by atoms with E-state index in [4.69, 9.17) is 14.2 Å². The van der Waals surface area contributed by atoms with Crippen molar-refractivity contribution in [2.45, 2.75) is 6.54 Å². The molecule has 1 N–H and O–H groups in total. The molecule has 25 heavy (non-hydrogen) atoms. The first kappa shape index (κ1) is 18.4. The number of benzene rings is 2. The van der Waals surface area contributed by atoms with E-state index in [1.807, 2.05) is 30.3 Å². The van der Waals surface area contributed by atoms with Gasteiger partial charge in [0.1, 0.15) is 23.9 Å². The van der Waals surface area contributed by atoms with E-state index in [9.17, 15) is 4.79 Å². The van der Waals surface area contributed by atoms with Crippen molar-refractivity contribution in [2.75, 3.05) is 34.4 Å². The molecule has 6 nitrogen and oxygen atoms in total. The number of carbonyl (C=O) groups is 1. The van der Waals surface area contributed by atoms with Crippen LogP contribution in [0.5, 0.6) is 17.2 Å². The third kappa shape index (κ3) is 5.91. The van der Waals surface area contributed by atoms with Crippen LogP contribution in [0.4, 0.5) is 4.79 Å². The number of urea groups is 1. The van der Waals surface area contributed by atoms with E-state index >= 15 is 0 Å². The van der Waals surface area contributed by atoms with Gasteiger partial charge in [-0.05, 0) is 5.56 Å². The predicted octanol–water partition coefficient (Wildman–Crippen LogP) is 2.92. The average Bonchev–Trinajstić information content (AvgIpc) is 2.65. The summed E-state index contributed by atoms with van der Waals surface area (Å²) in [6, 6.07) is 15.0. The van der Waals surface area contributed by atoms with Crippen molar-refractivity contribution in [3.8, 4) is 17.2 Å². The Labute approximate surface area is 148 Å². The van der Waals surface area contributed by atoms with Gasteiger partial charge in [-0.3, -0.25) is 0 Å². The van der Waals surface area contributed by atoms with E-state index in [1.165, 1.54) is 0 Å². The van der Waals surface area contributed by atoms with Gasteiger partial charge in [0.25, 0.3) is 0 Å². The zero-order chi connectivity index (χ0) is 18.1. The maximum Gasteiger partial charge on any atom is 0.317 e. The maximum atomic E-state index is 12.1. The summed E-state index contributed by atoms with van der Waals surface area (Å²) in [6.45, 7) is 1.30. The summed E-state index contributed by atoms with van der Waals surface area (Å²) in [5.74, 6) is 1.94. The predicted molar refractivity (Wildman–Crippen MR) is 96.3 cm³/mol. The lowest BCUT2D eigenvalue weighted by atomic mass is 10.2. The highest BCUT2D eigenvalue weighted by molar-refractivity contribution is 5.73. The largest absolute Gasteiger partial charge is 0.496 e. The van der Waals surface area contributed by atoms with Gasteiger partial charge in [-0.25, -0.2) is 4.79 Å². The first-order chi connectivity index (χ1) is 12.1. The van der Waals surface area contributed by atoms with Crippen LogP contribution >= 0.6 is 0 Å². The molecule has 0 saturated carbocycles. The second-order valence-electron chi connectivity index (χ2n) is 5.47. The zero-order valence-corrected chi connectivity index (χ0v) is 14.8. The standard InChI is InChI=1S/C19H24N2O4/c1-21(14-15-7-5-4-6-8-15)19(22)20-9-10-25-18-12-16(23-2)11-17(13-18)24-3/h4-8,11-13H,9-10,14H2,1-3H3,(H,20,22). The highest BCUT2D eigenvalue weighted by Crippen LogP contribution is 2.27. The Hall–Kier alpha value is -2.89. The van der Waals surface area contributed by atoms with Crippen LogP contribution in [-0.4, -0.2) is 45.3 Å². The van der Waals surface area contributed by atoms with E-state index in [2.05, 4.69) is 5.32 Å². The van der Waals surface area contributed by atoms with Gasteiger partial charge in [0, 0.05) is 31.8 Å². The molecule has 0 aromatic heterocycles. The van der Waals surface area contributed by atoms with Crippen LogP contribution in [-0.2, 0) is 6.54 Å². The maximum absolute atomic E-state index is 12.1. The number of ether oxygens (including phenoxy) is 3. The fourth-order valence-electron chi connectivity index (χ4n) is 2.26. The number of nitrogens with zero attached hydrogens (tertiary/aromatic N) is 1. The molecule has 0 aliphatic rings. The molecule has 6 heteroatoms. The van der Waals surface area contributed by atoms with Crippen LogP contribution < -0.4 is 19.5 Å². The lowest BCUT2D eigenvalue weighted by molar-refractivity contribution is 0.203. The van der Waals surface area contributed by atoms with E-state index in [0.717, 1.165) is 5.56 Å². The average molecular weight is 344 g/mol. The van der Waals surface area contributed by atoms with E-state index < -0.39 is 0 Å². The van der Waals surface area contributed by atoms with E-state index in [-0.39, 0.29) is 6.03 Å². The zero-order valence-electron chi connectivity index (χ0n) is 14.8. The molecule has 0 bridgehead atoms. The van der Waals surface area contributed by atoms with Gasteiger partial charge in [-0.15, -0.1) is 0 Å².